The van der Waals surface area contributed by atoms with E-state index in [4.69, 9.17) is 0 Å². The van der Waals surface area contributed by atoms with Crippen molar-refractivity contribution in [3.63, 3.8) is 0 Å². The van der Waals surface area contributed by atoms with E-state index in [0.29, 0.717) is 18.0 Å². The van der Waals surface area contributed by atoms with Crippen LogP contribution in [0.25, 0.3) is 0 Å². The normalized spacial score (nSPS) is 19.7. The maximum Gasteiger partial charge on any atom is 0.243 e. The van der Waals surface area contributed by atoms with E-state index >= 15 is 0 Å². The molecule has 1 aliphatic heterocycles. The number of rotatable bonds is 2. The number of nitrogens with zero attached hydrogens (tertiary/aromatic N) is 2. The van der Waals surface area contributed by atoms with Gasteiger partial charge in [-0.15, -0.1) is 0 Å². The van der Waals surface area contributed by atoms with E-state index < -0.39 is 10.0 Å². The van der Waals surface area contributed by atoms with Crippen LogP contribution in [0.4, 0.5) is 0 Å². The highest BCUT2D eigenvalue weighted by molar-refractivity contribution is 7.89. The Morgan fingerprint density at radius 1 is 1.06 bits per heavy atom. The van der Waals surface area contributed by atoms with Gasteiger partial charge in [-0.2, -0.15) is 4.31 Å². The molecule has 100 valence electrons. The molecule has 0 aliphatic carbocycles. The zero-order chi connectivity index (χ0) is 13.2. The molecule has 1 aliphatic rings. The molecule has 5 heteroatoms. The van der Waals surface area contributed by atoms with Crippen molar-refractivity contribution in [2.75, 3.05) is 33.2 Å². The molecule has 1 heterocycles. The quantitative estimate of drug-likeness (QED) is 0.812. The molecule has 2 rings (SSSR count). The highest BCUT2D eigenvalue weighted by Crippen LogP contribution is 2.20. The van der Waals surface area contributed by atoms with Crippen LogP contribution in [0.2, 0.25) is 0 Å². The maximum absolute atomic E-state index is 12.6. The van der Waals surface area contributed by atoms with Gasteiger partial charge in [-0.3, -0.25) is 0 Å². The Bertz CT molecular complexity index is 513. The van der Waals surface area contributed by atoms with Crippen molar-refractivity contribution >= 4 is 10.0 Å². The van der Waals surface area contributed by atoms with Crippen LogP contribution >= 0.6 is 0 Å². The maximum atomic E-state index is 12.6. The Kier molecular flexibility index (Phi) is 4.04. The third-order valence-electron chi connectivity index (χ3n) is 3.39. The molecule has 0 atom stereocenters. The molecule has 0 radical (unpaired) electrons. The van der Waals surface area contributed by atoms with Crippen molar-refractivity contribution in [2.24, 2.45) is 0 Å². The standard InChI is InChI=1S/C13H20N2O2S/c1-12-6-3-4-7-13(12)18(16,17)15-9-5-8-14(2)10-11-15/h3-4,6-7H,5,8-11H2,1-2H3. The van der Waals surface area contributed by atoms with E-state index in [-0.39, 0.29) is 0 Å². The molecule has 0 amide bonds. The summed E-state index contributed by atoms with van der Waals surface area (Å²) in [7, 11) is -1.30. The SMILES string of the molecule is Cc1ccccc1S(=O)(=O)N1CCCN(C)CC1. The molecule has 1 aromatic carbocycles. The van der Waals surface area contributed by atoms with Crippen molar-refractivity contribution in [3.8, 4) is 0 Å². The summed E-state index contributed by atoms with van der Waals surface area (Å²) in [5.74, 6) is 0. The predicted octanol–water partition coefficient (Wildman–Crippen LogP) is 1.32. The molecule has 4 nitrogen and oxygen atoms in total. The minimum absolute atomic E-state index is 0.439. The zero-order valence-electron chi connectivity index (χ0n) is 11.0. The van der Waals surface area contributed by atoms with Gasteiger partial charge in [0.15, 0.2) is 0 Å². The summed E-state index contributed by atoms with van der Waals surface area (Å²) in [5.41, 5.74) is 0.815. The van der Waals surface area contributed by atoms with Crippen molar-refractivity contribution in [3.05, 3.63) is 29.8 Å². The van der Waals surface area contributed by atoms with Crippen molar-refractivity contribution in [2.45, 2.75) is 18.2 Å². The minimum Gasteiger partial charge on any atom is -0.305 e. The van der Waals surface area contributed by atoms with Gasteiger partial charge in [0, 0.05) is 19.6 Å². The Morgan fingerprint density at radius 3 is 2.50 bits per heavy atom. The molecule has 1 aromatic rings. The molecule has 0 bridgehead atoms. The summed E-state index contributed by atoms with van der Waals surface area (Å²) in [6.07, 6.45) is 0.890. The van der Waals surface area contributed by atoms with E-state index in [1.165, 1.54) is 0 Å². The molecule has 0 saturated carbocycles. The van der Waals surface area contributed by atoms with Gasteiger partial charge in [-0.25, -0.2) is 8.42 Å². The molecular formula is C13H20N2O2S. The molecule has 18 heavy (non-hydrogen) atoms. The fourth-order valence-electron chi connectivity index (χ4n) is 2.25. The summed E-state index contributed by atoms with van der Waals surface area (Å²) >= 11 is 0. The Hall–Kier alpha value is -0.910. The first-order valence-corrected chi connectivity index (χ1v) is 7.70. The average Bonchev–Trinajstić information content (AvgIpc) is 2.54. The van der Waals surface area contributed by atoms with Crippen LogP contribution in [-0.4, -0.2) is 50.8 Å². The topological polar surface area (TPSA) is 40.6 Å². The van der Waals surface area contributed by atoms with Crippen LogP contribution in [0.3, 0.4) is 0 Å². The van der Waals surface area contributed by atoms with Gasteiger partial charge >= 0.3 is 0 Å². The number of sulfonamides is 1. The van der Waals surface area contributed by atoms with E-state index in [2.05, 4.69) is 4.90 Å². The van der Waals surface area contributed by atoms with E-state index in [9.17, 15) is 8.42 Å². The van der Waals surface area contributed by atoms with Gasteiger partial charge in [0.05, 0.1) is 4.90 Å². The predicted molar refractivity (Wildman–Crippen MR) is 72.1 cm³/mol. The highest BCUT2D eigenvalue weighted by Gasteiger charge is 2.26. The van der Waals surface area contributed by atoms with Gasteiger partial charge in [0.25, 0.3) is 0 Å². The van der Waals surface area contributed by atoms with Crippen LogP contribution in [0.5, 0.6) is 0 Å². The first kappa shape index (κ1) is 13.5. The first-order valence-electron chi connectivity index (χ1n) is 6.26. The molecular weight excluding hydrogens is 248 g/mol. The Labute approximate surface area is 109 Å². The summed E-state index contributed by atoms with van der Waals surface area (Å²) in [5, 5.41) is 0. The number of hydrogen-bond donors (Lipinski definition) is 0. The second-order valence-corrected chi connectivity index (χ2v) is 6.73. The van der Waals surface area contributed by atoms with E-state index in [0.717, 1.165) is 25.1 Å². The highest BCUT2D eigenvalue weighted by atomic mass is 32.2. The largest absolute Gasteiger partial charge is 0.305 e. The van der Waals surface area contributed by atoms with E-state index in [1.807, 2.05) is 26.1 Å². The van der Waals surface area contributed by atoms with Crippen LogP contribution in [0, 0.1) is 6.92 Å². The van der Waals surface area contributed by atoms with Gasteiger partial charge in [0.2, 0.25) is 10.0 Å². The van der Waals surface area contributed by atoms with Crippen molar-refractivity contribution in [1.29, 1.82) is 0 Å². The monoisotopic (exact) mass is 268 g/mol. The smallest absolute Gasteiger partial charge is 0.243 e. The van der Waals surface area contributed by atoms with Gasteiger partial charge < -0.3 is 4.90 Å². The summed E-state index contributed by atoms with van der Waals surface area (Å²) in [4.78, 5) is 2.61. The van der Waals surface area contributed by atoms with Crippen LogP contribution in [0.1, 0.15) is 12.0 Å². The molecule has 0 N–H and O–H groups in total. The number of likely N-dealkylation sites (N-methyl/N-ethyl adjacent to an activating group) is 1. The summed E-state index contributed by atoms with van der Waals surface area (Å²) < 4.78 is 26.8. The zero-order valence-corrected chi connectivity index (χ0v) is 11.8. The molecule has 1 saturated heterocycles. The lowest BCUT2D eigenvalue weighted by Gasteiger charge is -2.21. The molecule has 0 unspecified atom stereocenters. The molecule has 1 fully saturated rings. The van der Waals surface area contributed by atoms with Gasteiger partial charge in [-0.05, 0) is 38.6 Å². The lowest BCUT2D eigenvalue weighted by Crippen LogP contribution is -2.34. The fraction of sp³-hybridized carbons (Fsp3) is 0.538. The van der Waals surface area contributed by atoms with Crippen LogP contribution < -0.4 is 0 Å². The van der Waals surface area contributed by atoms with Crippen molar-refractivity contribution < 1.29 is 8.42 Å². The Balaban J connectivity index is 2.28. The van der Waals surface area contributed by atoms with Crippen molar-refractivity contribution in [1.82, 2.24) is 9.21 Å². The first-order chi connectivity index (χ1) is 8.51. The fourth-order valence-corrected chi connectivity index (χ4v) is 3.94. The summed E-state index contributed by atoms with van der Waals surface area (Å²) in [6.45, 7) is 4.79. The van der Waals surface area contributed by atoms with E-state index in [1.54, 1.807) is 16.4 Å². The average molecular weight is 268 g/mol. The Morgan fingerprint density at radius 2 is 1.78 bits per heavy atom. The minimum atomic E-state index is -3.33. The number of aryl methyl sites for hydroxylation is 1. The second-order valence-electron chi connectivity index (χ2n) is 4.83. The number of benzene rings is 1. The third kappa shape index (κ3) is 2.74. The van der Waals surface area contributed by atoms with Gasteiger partial charge in [0.1, 0.15) is 0 Å². The second kappa shape index (κ2) is 5.38. The lowest BCUT2D eigenvalue weighted by atomic mass is 10.2. The van der Waals surface area contributed by atoms with Crippen LogP contribution in [-0.2, 0) is 10.0 Å². The molecule has 0 spiro atoms. The number of hydrogen-bond acceptors (Lipinski definition) is 3. The molecule has 0 aromatic heterocycles. The van der Waals surface area contributed by atoms with Gasteiger partial charge in [-0.1, -0.05) is 18.2 Å². The third-order valence-corrected chi connectivity index (χ3v) is 5.45. The van der Waals surface area contributed by atoms with Crippen LogP contribution in [0.15, 0.2) is 29.2 Å². The lowest BCUT2D eigenvalue weighted by molar-refractivity contribution is 0.347. The summed E-state index contributed by atoms with van der Waals surface area (Å²) in [6, 6.07) is 7.19.